The van der Waals surface area contributed by atoms with Gasteiger partial charge in [0.1, 0.15) is 18.4 Å². The SMILES string of the molecule is C[C@H](CO)Oc1nc(N)nc2c1ncn2[C@H]1C[C@H](O)[C@@H](CO)O1. The van der Waals surface area contributed by atoms with Gasteiger partial charge in [-0.15, -0.1) is 0 Å². The van der Waals surface area contributed by atoms with Gasteiger partial charge in [0.15, 0.2) is 11.2 Å². The van der Waals surface area contributed by atoms with E-state index >= 15 is 0 Å². The van der Waals surface area contributed by atoms with Crippen molar-refractivity contribution >= 4 is 17.1 Å². The number of imidazole rings is 1. The standard InChI is InChI=1S/C13H19N5O5/c1-6(3-19)22-12-10-11(16-13(14)17-12)18(5-15-10)9-2-7(21)8(4-20)23-9/h5-9,19-21H,2-4H2,1H3,(H2,14,16,17)/t6-,7+,8-,9-/m1/s1. The van der Waals surface area contributed by atoms with Crippen LogP contribution in [-0.4, -0.2) is 66.4 Å². The van der Waals surface area contributed by atoms with E-state index in [-0.39, 0.29) is 25.0 Å². The molecule has 1 aliphatic rings. The topological polar surface area (TPSA) is 149 Å². The summed E-state index contributed by atoms with van der Waals surface area (Å²) in [7, 11) is 0. The Kier molecular flexibility index (Phi) is 4.31. The molecular formula is C13H19N5O5. The molecule has 0 unspecified atom stereocenters. The average Bonchev–Trinajstić information content (AvgIpc) is 3.10. The number of ether oxygens (including phenoxy) is 2. The molecule has 23 heavy (non-hydrogen) atoms. The fourth-order valence-corrected chi connectivity index (χ4v) is 2.48. The first-order valence-electron chi connectivity index (χ1n) is 7.25. The number of hydrogen-bond acceptors (Lipinski definition) is 9. The van der Waals surface area contributed by atoms with Crippen LogP contribution in [0.4, 0.5) is 5.95 Å². The Hall–Kier alpha value is -2.01. The van der Waals surface area contributed by atoms with Crippen LogP contribution in [0.3, 0.4) is 0 Å². The molecule has 0 bridgehead atoms. The Balaban J connectivity index is 1.97. The quantitative estimate of drug-likeness (QED) is 0.532. The van der Waals surface area contributed by atoms with Crippen LogP contribution in [0.1, 0.15) is 19.6 Å². The van der Waals surface area contributed by atoms with E-state index in [0.717, 1.165) is 0 Å². The third kappa shape index (κ3) is 2.93. The fraction of sp³-hybridized carbons (Fsp3) is 0.615. The van der Waals surface area contributed by atoms with E-state index in [1.807, 2.05) is 0 Å². The first-order chi connectivity index (χ1) is 11.0. The summed E-state index contributed by atoms with van der Waals surface area (Å²) in [5.74, 6) is 0.168. The molecule has 126 valence electrons. The third-order valence-corrected chi connectivity index (χ3v) is 3.67. The smallest absolute Gasteiger partial charge is 0.247 e. The second-order valence-corrected chi connectivity index (χ2v) is 5.44. The summed E-state index contributed by atoms with van der Waals surface area (Å²) < 4.78 is 12.7. The van der Waals surface area contributed by atoms with Gasteiger partial charge in [-0.2, -0.15) is 9.97 Å². The maximum atomic E-state index is 9.86. The monoisotopic (exact) mass is 325 g/mol. The Morgan fingerprint density at radius 2 is 2.26 bits per heavy atom. The lowest BCUT2D eigenvalue weighted by Crippen LogP contribution is -2.24. The number of aromatic nitrogens is 4. The van der Waals surface area contributed by atoms with Gasteiger partial charge in [0.2, 0.25) is 11.8 Å². The van der Waals surface area contributed by atoms with Gasteiger partial charge in [0.05, 0.1) is 25.6 Å². The highest BCUT2D eigenvalue weighted by Gasteiger charge is 2.35. The molecule has 4 atom stereocenters. The first-order valence-corrected chi connectivity index (χ1v) is 7.25. The van der Waals surface area contributed by atoms with Gasteiger partial charge in [-0.1, -0.05) is 0 Å². The Bertz CT molecular complexity index is 693. The van der Waals surface area contributed by atoms with Crippen molar-refractivity contribution in [2.24, 2.45) is 0 Å². The maximum Gasteiger partial charge on any atom is 0.247 e. The predicted molar refractivity (Wildman–Crippen MR) is 78.5 cm³/mol. The van der Waals surface area contributed by atoms with E-state index in [4.69, 9.17) is 20.3 Å². The van der Waals surface area contributed by atoms with Gasteiger partial charge >= 0.3 is 0 Å². The number of anilines is 1. The Morgan fingerprint density at radius 1 is 1.48 bits per heavy atom. The van der Waals surface area contributed by atoms with Gasteiger partial charge in [0.25, 0.3) is 0 Å². The predicted octanol–water partition coefficient (Wildman–Crippen LogP) is -1.19. The fourth-order valence-electron chi connectivity index (χ4n) is 2.48. The van der Waals surface area contributed by atoms with Crippen LogP contribution >= 0.6 is 0 Å². The van der Waals surface area contributed by atoms with Crippen molar-refractivity contribution in [2.75, 3.05) is 18.9 Å². The minimum atomic E-state index is -0.772. The summed E-state index contributed by atoms with van der Waals surface area (Å²) in [6.45, 7) is 1.23. The van der Waals surface area contributed by atoms with E-state index in [2.05, 4.69) is 15.0 Å². The summed E-state index contributed by atoms with van der Waals surface area (Å²) in [5.41, 5.74) is 6.49. The van der Waals surface area contributed by atoms with Crippen molar-refractivity contribution in [1.29, 1.82) is 0 Å². The molecule has 1 fully saturated rings. The summed E-state index contributed by atoms with van der Waals surface area (Å²) in [6.07, 6.45) is -0.630. The summed E-state index contributed by atoms with van der Waals surface area (Å²) >= 11 is 0. The molecule has 0 amide bonds. The molecule has 0 aromatic carbocycles. The lowest BCUT2D eigenvalue weighted by Gasteiger charge is -2.14. The zero-order valence-electron chi connectivity index (χ0n) is 12.5. The van der Waals surface area contributed by atoms with Crippen LogP contribution in [0.5, 0.6) is 5.88 Å². The van der Waals surface area contributed by atoms with Crippen LogP contribution in [0.25, 0.3) is 11.2 Å². The van der Waals surface area contributed by atoms with Crippen LogP contribution in [0.2, 0.25) is 0 Å². The van der Waals surface area contributed by atoms with Crippen molar-refractivity contribution in [2.45, 2.75) is 37.9 Å². The van der Waals surface area contributed by atoms with Crippen molar-refractivity contribution in [3.63, 3.8) is 0 Å². The molecule has 0 saturated carbocycles. The lowest BCUT2D eigenvalue weighted by molar-refractivity contribution is -0.0432. The van der Waals surface area contributed by atoms with Crippen molar-refractivity contribution in [1.82, 2.24) is 19.5 Å². The maximum absolute atomic E-state index is 9.86. The van der Waals surface area contributed by atoms with Crippen LogP contribution in [0.15, 0.2) is 6.33 Å². The van der Waals surface area contributed by atoms with Crippen LogP contribution in [0, 0.1) is 0 Å². The Labute approximate surface area is 131 Å². The van der Waals surface area contributed by atoms with E-state index in [0.29, 0.717) is 17.6 Å². The average molecular weight is 325 g/mol. The molecule has 2 aromatic rings. The minimum Gasteiger partial charge on any atom is -0.470 e. The molecule has 0 spiro atoms. The third-order valence-electron chi connectivity index (χ3n) is 3.67. The van der Waals surface area contributed by atoms with Gasteiger partial charge in [-0.25, -0.2) is 4.98 Å². The first kappa shape index (κ1) is 15.9. The van der Waals surface area contributed by atoms with Crippen molar-refractivity contribution in [3.8, 4) is 5.88 Å². The molecule has 0 aliphatic carbocycles. The lowest BCUT2D eigenvalue weighted by atomic mass is 10.2. The molecule has 2 aromatic heterocycles. The summed E-state index contributed by atoms with van der Waals surface area (Å²) in [5, 5.41) is 28.1. The molecule has 0 radical (unpaired) electrons. The number of rotatable bonds is 5. The van der Waals surface area contributed by atoms with E-state index < -0.39 is 24.5 Å². The zero-order chi connectivity index (χ0) is 16.6. The molecule has 3 rings (SSSR count). The largest absolute Gasteiger partial charge is 0.470 e. The molecular weight excluding hydrogens is 306 g/mol. The highest BCUT2D eigenvalue weighted by Crippen LogP contribution is 2.32. The van der Waals surface area contributed by atoms with Crippen molar-refractivity contribution in [3.05, 3.63) is 6.33 Å². The highest BCUT2D eigenvalue weighted by molar-refractivity contribution is 5.77. The van der Waals surface area contributed by atoms with Gasteiger partial charge < -0.3 is 30.5 Å². The molecule has 10 heteroatoms. The number of fused-ring (bicyclic) bond motifs is 1. The molecule has 3 heterocycles. The van der Waals surface area contributed by atoms with E-state index in [9.17, 15) is 10.2 Å². The molecule has 10 nitrogen and oxygen atoms in total. The summed E-state index contributed by atoms with van der Waals surface area (Å²) in [6, 6.07) is 0. The number of nitrogens with two attached hydrogens (primary N) is 1. The minimum absolute atomic E-state index is 0.00311. The summed E-state index contributed by atoms with van der Waals surface area (Å²) in [4.78, 5) is 12.4. The van der Waals surface area contributed by atoms with Crippen molar-refractivity contribution < 1.29 is 24.8 Å². The van der Waals surface area contributed by atoms with Gasteiger partial charge in [-0.3, -0.25) is 4.57 Å². The molecule has 5 N–H and O–H groups in total. The number of aliphatic hydroxyl groups excluding tert-OH is 3. The number of aliphatic hydroxyl groups is 3. The second-order valence-electron chi connectivity index (χ2n) is 5.44. The normalized spacial score (nSPS) is 25.8. The van der Waals surface area contributed by atoms with Crippen LogP contribution in [-0.2, 0) is 4.74 Å². The Morgan fingerprint density at radius 3 is 2.91 bits per heavy atom. The van der Waals surface area contributed by atoms with Crippen LogP contribution < -0.4 is 10.5 Å². The van der Waals surface area contributed by atoms with Gasteiger partial charge in [-0.05, 0) is 6.92 Å². The van der Waals surface area contributed by atoms with E-state index in [1.54, 1.807) is 11.5 Å². The zero-order valence-corrected chi connectivity index (χ0v) is 12.5. The number of nitrogens with zero attached hydrogens (tertiary/aromatic N) is 4. The van der Waals surface area contributed by atoms with Gasteiger partial charge in [0, 0.05) is 6.42 Å². The number of hydrogen-bond donors (Lipinski definition) is 4. The highest BCUT2D eigenvalue weighted by atomic mass is 16.5. The second kappa shape index (κ2) is 6.24. The van der Waals surface area contributed by atoms with E-state index in [1.165, 1.54) is 6.33 Å². The molecule has 1 saturated heterocycles. The number of nitrogen functional groups attached to an aromatic ring is 1. The molecule has 1 aliphatic heterocycles.